The highest BCUT2D eigenvalue weighted by molar-refractivity contribution is 5.98. The molecule has 3 fully saturated rings. The summed E-state index contributed by atoms with van der Waals surface area (Å²) < 4.78 is 15.8. The Morgan fingerprint density at radius 2 is 1.75 bits per heavy atom. The van der Waals surface area contributed by atoms with E-state index in [1.54, 1.807) is 26.0 Å². The number of ketones is 1. The van der Waals surface area contributed by atoms with Crippen LogP contribution in [0.4, 0.5) is 10.5 Å². The predicted octanol–water partition coefficient (Wildman–Crippen LogP) is 1.04. The fourth-order valence-corrected chi connectivity index (χ4v) is 6.06. The molecule has 4 atom stereocenters. The van der Waals surface area contributed by atoms with E-state index in [0.29, 0.717) is 50.9 Å². The van der Waals surface area contributed by atoms with Crippen LogP contribution in [-0.2, 0) is 46.4 Å². The van der Waals surface area contributed by atoms with E-state index in [0.717, 1.165) is 36.8 Å². The van der Waals surface area contributed by atoms with Crippen LogP contribution >= 0.6 is 0 Å². The zero-order valence-corrected chi connectivity index (χ0v) is 25.4. The van der Waals surface area contributed by atoms with Crippen molar-refractivity contribution < 1.29 is 38.2 Å². The Hall–Kier alpha value is -3.55. The molecule has 0 aromatic heterocycles. The summed E-state index contributed by atoms with van der Waals surface area (Å²) >= 11 is 0. The molecule has 1 aromatic rings. The maximum absolute atomic E-state index is 13.9. The summed E-state index contributed by atoms with van der Waals surface area (Å²) in [7, 11) is 0. The second-order valence-electron chi connectivity index (χ2n) is 12.5. The topological polar surface area (TPSA) is 168 Å². The van der Waals surface area contributed by atoms with E-state index in [4.69, 9.17) is 14.2 Å². The number of hydrogen-bond acceptors (Lipinski definition) is 9. The molecule has 240 valence electrons. The van der Waals surface area contributed by atoms with Gasteiger partial charge in [0.1, 0.15) is 24.3 Å². The number of benzene rings is 1. The van der Waals surface area contributed by atoms with Gasteiger partial charge >= 0.3 is 6.09 Å². The average molecular weight is 614 g/mol. The number of morpholine rings is 1. The molecule has 4 amide bonds. The summed E-state index contributed by atoms with van der Waals surface area (Å²) in [5.74, 6) is -1.14. The highest BCUT2D eigenvalue weighted by atomic mass is 16.6. The third-order valence-corrected chi connectivity index (χ3v) is 8.85. The first-order chi connectivity index (χ1) is 21.1. The zero-order valence-electron chi connectivity index (χ0n) is 25.4. The quantitative estimate of drug-likeness (QED) is 0.238. The standard InChI is InChI=1S/C31H43N5O8/c1-19(32-26(37)16-36-9-11-42-12-10-36)28(39)34-25(15-21-7-8-23-22(13-21)17-43-30(41)35-23)29(40)33-24(14-20-5-3-4-6-20)27(38)31(2)18-44-31/h7-8,13,19-20,24-25H,3-6,9-12,14-18H2,1-2H3,(H,32,37)(H,33,40)(H,34,39)(H,35,41). The predicted molar refractivity (Wildman–Crippen MR) is 159 cm³/mol. The number of ether oxygens (including phenoxy) is 3. The summed E-state index contributed by atoms with van der Waals surface area (Å²) in [6.07, 6.45) is 4.32. The van der Waals surface area contributed by atoms with Crippen molar-refractivity contribution in [1.29, 1.82) is 0 Å². The lowest BCUT2D eigenvalue weighted by Crippen LogP contribution is -2.57. The Kier molecular flexibility index (Phi) is 10.2. The number of carbonyl (C=O) groups is 5. The number of fused-ring (bicyclic) bond motifs is 1. The van der Waals surface area contributed by atoms with Gasteiger partial charge in [0.15, 0.2) is 5.78 Å². The first kappa shape index (κ1) is 31.9. The Balaban J connectivity index is 1.29. The van der Waals surface area contributed by atoms with Crippen LogP contribution in [0.3, 0.4) is 0 Å². The number of carbonyl (C=O) groups excluding carboxylic acids is 5. The number of epoxide rings is 1. The molecule has 1 aliphatic carbocycles. The molecule has 5 rings (SSSR count). The van der Waals surface area contributed by atoms with Crippen molar-refractivity contribution in [3.8, 4) is 0 Å². The zero-order chi connectivity index (χ0) is 31.3. The van der Waals surface area contributed by atoms with Gasteiger partial charge in [0, 0.05) is 25.1 Å². The van der Waals surface area contributed by atoms with Crippen LogP contribution < -0.4 is 21.3 Å². The third kappa shape index (κ3) is 8.33. The number of rotatable bonds is 13. The van der Waals surface area contributed by atoms with E-state index in [9.17, 15) is 24.0 Å². The number of hydrogen-bond donors (Lipinski definition) is 4. The molecule has 13 nitrogen and oxygen atoms in total. The lowest BCUT2D eigenvalue weighted by atomic mass is 9.90. The summed E-state index contributed by atoms with van der Waals surface area (Å²) in [6.45, 7) is 6.22. The average Bonchev–Trinajstić information content (AvgIpc) is 3.54. The number of Topliss-reactive ketones (excluding diaryl/α,β-unsaturated/α-hetero) is 1. The molecule has 2 saturated heterocycles. The molecular formula is C31H43N5O8. The molecule has 1 saturated carbocycles. The number of cyclic esters (lactones) is 1. The maximum atomic E-state index is 13.9. The Morgan fingerprint density at radius 1 is 1.05 bits per heavy atom. The molecular weight excluding hydrogens is 570 g/mol. The van der Waals surface area contributed by atoms with Crippen LogP contribution in [0.1, 0.15) is 57.1 Å². The van der Waals surface area contributed by atoms with Crippen LogP contribution in [0.2, 0.25) is 0 Å². The summed E-state index contributed by atoms with van der Waals surface area (Å²) in [5.41, 5.74) is 1.18. The van der Waals surface area contributed by atoms with E-state index < -0.39 is 41.6 Å². The van der Waals surface area contributed by atoms with Gasteiger partial charge in [0.05, 0.1) is 38.1 Å². The third-order valence-electron chi connectivity index (χ3n) is 8.85. The summed E-state index contributed by atoms with van der Waals surface area (Å²) in [4.78, 5) is 66.8. The SMILES string of the molecule is CC(NC(=O)CN1CCOCC1)C(=O)NC(Cc1ccc2c(c1)COC(=O)N2)C(=O)NC(CC1CCCC1)C(=O)C1(C)CO1. The van der Waals surface area contributed by atoms with Gasteiger partial charge in [-0.1, -0.05) is 37.8 Å². The van der Waals surface area contributed by atoms with Gasteiger partial charge in [0.25, 0.3) is 0 Å². The van der Waals surface area contributed by atoms with Gasteiger partial charge in [-0.25, -0.2) is 4.79 Å². The number of nitrogens with one attached hydrogen (secondary N) is 4. The van der Waals surface area contributed by atoms with Crippen molar-refractivity contribution in [2.24, 2.45) is 5.92 Å². The van der Waals surface area contributed by atoms with Crippen LogP contribution in [0, 0.1) is 5.92 Å². The fraction of sp³-hybridized carbons (Fsp3) is 0.645. The minimum absolute atomic E-state index is 0.0843. The van der Waals surface area contributed by atoms with Gasteiger partial charge < -0.3 is 30.2 Å². The molecule has 13 heteroatoms. The first-order valence-corrected chi connectivity index (χ1v) is 15.5. The van der Waals surface area contributed by atoms with Crippen LogP contribution in [-0.4, -0.2) is 97.7 Å². The molecule has 4 aliphatic rings. The maximum Gasteiger partial charge on any atom is 0.411 e. The van der Waals surface area contributed by atoms with Crippen molar-refractivity contribution >= 4 is 35.3 Å². The van der Waals surface area contributed by atoms with E-state index in [-0.39, 0.29) is 31.3 Å². The van der Waals surface area contributed by atoms with Crippen molar-refractivity contribution in [3.63, 3.8) is 0 Å². The second-order valence-corrected chi connectivity index (χ2v) is 12.5. The number of nitrogens with zero attached hydrogens (tertiary/aromatic N) is 1. The summed E-state index contributed by atoms with van der Waals surface area (Å²) in [6, 6.07) is 2.63. The second kappa shape index (κ2) is 14.0. The van der Waals surface area contributed by atoms with Crippen molar-refractivity contribution in [2.75, 3.05) is 44.8 Å². The minimum Gasteiger partial charge on any atom is -0.444 e. The molecule has 0 spiro atoms. The monoisotopic (exact) mass is 613 g/mol. The van der Waals surface area contributed by atoms with E-state index in [2.05, 4.69) is 21.3 Å². The molecule has 1 aromatic carbocycles. The highest BCUT2D eigenvalue weighted by Gasteiger charge is 2.50. The first-order valence-electron chi connectivity index (χ1n) is 15.5. The lowest BCUT2D eigenvalue weighted by molar-refractivity contribution is -0.134. The lowest BCUT2D eigenvalue weighted by Gasteiger charge is -2.28. The Morgan fingerprint density at radius 3 is 2.45 bits per heavy atom. The van der Waals surface area contributed by atoms with Crippen molar-refractivity contribution in [2.45, 2.75) is 82.7 Å². The summed E-state index contributed by atoms with van der Waals surface area (Å²) in [5, 5.41) is 11.1. The molecule has 3 heterocycles. The van der Waals surface area contributed by atoms with Gasteiger partial charge in [0.2, 0.25) is 17.7 Å². The van der Waals surface area contributed by atoms with Gasteiger partial charge in [-0.2, -0.15) is 0 Å². The molecule has 44 heavy (non-hydrogen) atoms. The number of amides is 4. The van der Waals surface area contributed by atoms with Crippen LogP contribution in [0.15, 0.2) is 18.2 Å². The van der Waals surface area contributed by atoms with E-state index in [1.807, 2.05) is 11.0 Å². The van der Waals surface area contributed by atoms with E-state index in [1.165, 1.54) is 0 Å². The normalized spacial score (nSPS) is 23.7. The largest absolute Gasteiger partial charge is 0.444 e. The number of anilines is 1. The van der Waals surface area contributed by atoms with Crippen molar-refractivity contribution in [3.05, 3.63) is 29.3 Å². The molecule has 4 N–H and O–H groups in total. The van der Waals surface area contributed by atoms with E-state index >= 15 is 0 Å². The van der Waals surface area contributed by atoms with Crippen molar-refractivity contribution in [1.82, 2.24) is 20.9 Å². The Labute approximate surface area is 257 Å². The minimum atomic E-state index is -1.04. The smallest absolute Gasteiger partial charge is 0.411 e. The molecule has 4 unspecified atom stereocenters. The highest BCUT2D eigenvalue weighted by Crippen LogP contribution is 2.33. The Bertz CT molecular complexity index is 1260. The van der Waals surface area contributed by atoms with Gasteiger partial charge in [-0.3, -0.25) is 29.4 Å². The van der Waals surface area contributed by atoms with Gasteiger partial charge in [-0.05, 0) is 37.8 Å². The molecule has 0 bridgehead atoms. The fourth-order valence-electron chi connectivity index (χ4n) is 6.06. The van der Waals surface area contributed by atoms with Gasteiger partial charge in [-0.15, -0.1) is 0 Å². The molecule has 3 aliphatic heterocycles. The molecule has 0 radical (unpaired) electrons. The van der Waals surface area contributed by atoms with Crippen LogP contribution in [0.25, 0.3) is 0 Å². The van der Waals surface area contributed by atoms with Crippen LogP contribution in [0.5, 0.6) is 0 Å².